The largest absolute Gasteiger partial charge is 0.365 e. The van der Waals surface area contributed by atoms with Crippen LogP contribution in [-0.2, 0) is 0 Å². The monoisotopic (exact) mass is 105 g/mol. The maximum absolute atomic E-state index is 8.51. The molecule has 0 heterocycles. The Bertz CT molecular complexity index is 48.1. The summed E-state index contributed by atoms with van der Waals surface area (Å²) in [6, 6.07) is 0. The first-order valence-corrected chi connectivity index (χ1v) is 2.15. The van der Waals surface area contributed by atoms with Crippen molar-refractivity contribution in [3.63, 3.8) is 0 Å². The molecule has 0 aliphatic carbocycles. The first-order chi connectivity index (χ1) is 3.06. The summed E-state index contributed by atoms with van der Waals surface area (Å²) in [6.45, 7) is 1.52. The van der Waals surface area contributed by atoms with Gasteiger partial charge in [0, 0.05) is 6.54 Å². The van der Waals surface area contributed by atoms with Crippen molar-refractivity contribution in [2.45, 2.75) is 12.7 Å². The lowest BCUT2D eigenvalue weighted by Gasteiger charge is -2.13. The molecule has 0 amide bonds. The Morgan fingerprint density at radius 1 is 1.57 bits per heavy atom. The Morgan fingerprint density at radius 2 is 2.00 bits per heavy atom. The standard InChI is InChI=1S/C4H11NO2/c1-4(6,7)3-5-2/h5-7H,3H2,1-2H3. The second-order valence-electron chi connectivity index (χ2n) is 1.75. The second-order valence-corrected chi connectivity index (χ2v) is 1.75. The highest BCUT2D eigenvalue weighted by Crippen LogP contribution is 1.90. The van der Waals surface area contributed by atoms with Crippen LogP contribution in [0.4, 0.5) is 0 Å². The Hall–Kier alpha value is -0.120. The van der Waals surface area contributed by atoms with Crippen molar-refractivity contribution in [3.05, 3.63) is 0 Å². The van der Waals surface area contributed by atoms with Gasteiger partial charge in [0.2, 0.25) is 0 Å². The highest BCUT2D eigenvalue weighted by molar-refractivity contribution is 4.56. The van der Waals surface area contributed by atoms with Crippen LogP contribution in [0.1, 0.15) is 6.92 Å². The quantitative estimate of drug-likeness (QED) is 0.391. The van der Waals surface area contributed by atoms with Gasteiger partial charge in [0.15, 0.2) is 5.79 Å². The highest BCUT2D eigenvalue weighted by Gasteiger charge is 2.11. The van der Waals surface area contributed by atoms with Crippen molar-refractivity contribution in [1.29, 1.82) is 0 Å². The van der Waals surface area contributed by atoms with Crippen molar-refractivity contribution in [2.24, 2.45) is 0 Å². The molecule has 3 N–H and O–H groups in total. The number of nitrogens with one attached hydrogen (secondary N) is 1. The van der Waals surface area contributed by atoms with Crippen LogP contribution in [-0.4, -0.2) is 29.6 Å². The van der Waals surface area contributed by atoms with Crippen LogP contribution in [0.5, 0.6) is 0 Å². The van der Waals surface area contributed by atoms with E-state index in [0.29, 0.717) is 0 Å². The molecule has 0 saturated carbocycles. The Kier molecular flexibility index (Phi) is 2.22. The van der Waals surface area contributed by atoms with Crippen LogP contribution in [0.3, 0.4) is 0 Å². The zero-order valence-corrected chi connectivity index (χ0v) is 4.60. The van der Waals surface area contributed by atoms with Crippen molar-refractivity contribution < 1.29 is 10.2 Å². The number of aliphatic hydroxyl groups is 2. The molecule has 0 bridgehead atoms. The van der Waals surface area contributed by atoms with Gasteiger partial charge >= 0.3 is 0 Å². The van der Waals surface area contributed by atoms with Crippen molar-refractivity contribution in [2.75, 3.05) is 13.6 Å². The van der Waals surface area contributed by atoms with E-state index >= 15 is 0 Å². The van der Waals surface area contributed by atoms with Gasteiger partial charge in [-0.3, -0.25) is 0 Å². The molecule has 7 heavy (non-hydrogen) atoms. The van der Waals surface area contributed by atoms with Crippen LogP contribution < -0.4 is 5.32 Å². The summed E-state index contributed by atoms with van der Waals surface area (Å²) in [7, 11) is 1.66. The summed E-state index contributed by atoms with van der Waals surface area (Å²) in [5.74, 6) is -1.56. The molecular formula is C4H11NO2. The van der Waals surface area contributed by atoms with E-state index in [1.807, 2.05) is 0 Å². The molecule has 0 aromatic rings. The van der Waals surface area contributed by atoms with Crippen molar-refractivity contribution in [1.82, 2.24) is 5.32 Å². The van der Waals surface area contributed by atoms with Crippen LogP contribution in [0, 0.1) is 0 Å². The fourth-order valence-electron chi connectivity index (χ4n) is 0.335. The molecule has 3 heteroatoms. The predicted octanol–water partition coefficient (Wildman–Crippen LogP) is -1.09. The Labute approximate surface area is 43.0 Å². The zero-order chi connectivity index (χ0) is 5.91. The Balaban J connectivity index is 3.15. The molecule has 0 unspecified atom stereocenters. The van der Waals surface area contributed by atoms with Gasteiger partial charge in [0.1, 0.15) is 0 Å². The number of hydrogen-bond acceptors (Lipinski definition) is 3. The SMILES string of the molecule is CNCC(C)(O)O. The summed E-state index contributed by atoms with van der Waals surface area (Å²) in [6.07, 6.45) is 0. The second kappa shape index (κ2) is 2.26. The minimum absolute atomic E-state index is 0.201. The van der Waals surface area contributed by atoms with E-state index in [2.05, 4.69) is 5.32 Å². The molecule has 0 rings (SSSR count). The molecule has 0 radical (unpaired) electrons. The van der Waals surface area contributed by atoms with Gasteiger partial charge < -0.3 is 15.5 Å². The van der Waals surface area contributed by atoms with E-state index in [-0.39, 0.29) is 6.54 Å². The van der Waals surface area contributed by atoms with Crippen molar-refractivity contribution in [3.8, 4) is 0 Å². The molecule has 3 nitrogen and oxygen atoms in total. The predicted molar refractivity (Wildman–Crippen MR) is 26.8 cm³/mol. The summed E-state index contributed by atoms with van der Waals surface area (Å²) >= 11 is 0. The molecule has 0 aromatic carbocycles. The smallest absolute Gasteiger partial charge is 0.172 e. The third-order valence-corrected chi connectivity index (χ3v) is 0.512. The van der Waals surface area contributed by atoms with Gasteiger partial charge in [-0.05, 0) is 14.0 Å². The maximum atomic E-state index is 8.51. The van der Waals surface area contributed by atoms with Gasteiger partial charge in [-0.25, -0.2) is 0 Å². The zero-order valence-electron chi connectivity index (χ0n) is 4.60. The molecule has 0 atom stereocenters. The molecular weight excluding hydrogens is 94.0 g/mol. The molecule has 0 spiro atoms. The topological polar surface area (TPSA) is 52.5 Å². The lowest BCUT2D eigenvalue weighted by molar-refractivity contribution is -0.139. The van der Waals surface area contributed by atoms with Gasteiger partial charge in [0.05, 0.1) is 0 Å². The third-order valence-electron chi connectivity index (χ3n) is 0.512. The summed E-state index contributed by atoms with van der Waals surface area (Å²) in [5.41, 5.74) is 0. The molecule has 0 fully saturated rings. The molecule has 0 aromatic heterocycles. The van der Waals surface area contributed by atoms with Crippen LogP contribution in [0.2, 0.25) is 0 Å². The van der Waals surface area contributed by atoms with Gasteiger partial charge in [-0.1, -0.05) is 0 Å². The lowest BCUT2D eigenvalue weighted by atomic mass is 10.3. The number of hydrogen-bond donors (Lipinski definition) is 3. The first kappa shape index (κ1) is 6.88. The minimum Gasteiger partial charge on any atom is -0.365 e. The average Bonchev–Trinajstić information content (AvgIpc) is 1.30. The molecule has 0 aliphatic rings. The lowest BCUT2D eigenvalue weighted by Crippen LogP contribution is -2.35. The van der Waals surface area contributed by atoms with E-state index < -0.39 is 5.79 Å². The van der Waals surface area contributed by atoms with Gasteiger partial charge in [-0.15, -0.1) is 0 Å². The van der Waals surface area contributed by atoms with E-state index in [0.717, 1.165) is 0 Å². The van der Waals surface area contributed by atoms with Crippen LogP contribution in [0.15, 0.2) is 0 Å². The van der Waals surface area contributed by atoms with Crippen LogP contribution in [0.25, 0.3) is 0 Å². The summed E-state index contributed by atoms with van der Waals surface area (Å²) in [4.78, 5) is 0. The Morgan fingerprint density at radius 3 is 2.00 bits per heavy atom. The van der Waals surface area contributed by atoms with Crippen molar-refractivity contribution >= 4 is 0 Å². The number of likely N-dealkylation sites (N-methyl/N-ethyl adjacent to an activating group) is 1. The molecule has 0 aliphatic heterocycles. The average molecular weight is 105 g/mol. The maximum Gasteiger partial charge on any atom is 0.172 e. The van der Waals surface area contributed by atoms with Crippen LogP contribution >= 0.6 is 0 Å². The van der Waals surface area contributed by atoms with E-state index in [9.17, 15) is 0 Å². The molecule has 0 saturated heterocycles. The van der Waals surface area contributed by atoms with Gasteiger partial charge in [0.25, 0.3) is 0 Å². The molecule has 44 valence electrons. The minimum atomic E-state index is -1.56. The summed E-state index contributed by atoms with van der Waals surface area (Å²) < 4.78 is 0. The van der Waals surface area contributed by atoms with E-state index in [1.165, 1.54) is 6.92 Å². The highest BCUT2D eigenvalue weighted by atomic mass is 16.5. The number of rotatable bonds is 2. The van der Waals surface area contributed by atoms with E-state index in [1.54, 1.807) is 7.05 Å². The van der Waals surface area contributed by atoms with E-state index in [4.69, 9.17) is 10.2 Å². The first-order valence-electron chi connectivity index (χ1n) is 2.15. The summed E-state index contributed by atoms with van der Waals surface area (Å²) in [5, 5.41) is 19.6. The fourth-order valence-corrected chi connectivity index (χ4v) is 0.335. The van der Waals surface area contributed by atoms with Gasteiger partial charge in [-0.2, -0.15) is 0 Å². The normalized spacial score (nSPS) is 12.0. The third kappa shape index (κ3) is 5.88. The fraction of sp³-hybridized carbons (Fsp3) is 1.00.